The molecule has 1 aromatic heterocycles. The van der Waals surface area contributed by atoms with Crippen molar-refractivity contribution in [3.8, 4) is 0 Å². The van der Waals surface area contributed by atoms with E-state index in [1.165, 1.54) is 12.0 Å². The van der Waals surface area contributed by atoms with E-state index in [0.29, 0.717) is 6.04 Å². The SMILES string of the molecule is CCO[C@@H]1CC[C@H]2[C@H]1OCCN2Cc1ccncc1. The molecule has 4 heteroatoms. The highest BCUT2D eigenvalue weighted by molar-refractivity contribution is 5.10. The van der Waals surface area contributed by atoms with Crippen molar-refractivity contribution in [1.29, 1.82) is 0 Å². The van der Waals surface area contributed by atoms with E-state index in [4.69, 9.17) is 9.47 Å². The number of hydrogen-bond donors (Lipinski definition) is 0. The second-order valence-electron chi connectivity index (χ2n) is 5.30. The quantitative estimate of drug-likeness (QED) is 0.829. The summed E-state index contributed by atoms with van der Waals surface area (Å²) in [6.07, 6.45) is 6.58. The summed E-state index contributed by atoms with van der Waals surface area (Å²) >= 11 is 0. The van der Waals surface area contributed by atoms with Crippen molar-refractivity contribution in [2.45, 2.75) is 44.6 Å². The van der Waals surface area contributed by atoms with Gasteiger partial charge in [-0.3, -0.25) is 9.88 Å². The predicted molar refractivity (Wildman–Crippen MR) is 72.8 cm³/mol. The van der Waals surface area contributed by atoms with Crippen LogP contribution in [0, 0.1) is 0 Å². The molecule has 1 saturated carbocycles. The molecule has 3 atom stereocenters. The Bertz CT molecular complexity index is 398. The maximum atomic E-state index is 5.96. The van der Waals surface area contributed by atoms with Gasteiger partial charge in [-0.15, -0.1) is 0 Å². The van der Waals surface area contributed by atoms with Crippen molar-refractivity contribution in [2.75, 3.05) is 19.8 Å². The Labute approximate surface area is 114 Å². The fourth-order valence-electron chi connectivity index (χ4n) is 3.30. The molecule has 0 aromatic carbocycles. The number of fused-ring (bicyclic) bond motifs is 1. The first-order valence-electron chi connectivity index (χ1n) is 7.24. The van der Waals surface area contributed by atoms with Gasteiger partial charge < -0.3 is 9.47 Å². The largest absolute Gasteiger partial charge is 0.376 e. The van der Waals surface area contributed by atoms with Crippen LogP contribution in [-0.2, 0) is 16.0 Å². The molecule has 0 radical (unpaired) electrons. The molecule has 3 rings (SSSR count). The van der Waals surface area contributed by atoms with Crippen molar-refractivity contribution in [3.05, 3.63) is 30.1 Å². The fraction of sp³-hybridized carbons (Fsp3) is 0.667. The molecule has 0 unspecified atom stereocenters. The minimum Gasteiger partial charge on any atom is -0.376 e. The molecule has 19 heavy (non-hydrogen) atoms. The highest BCUT2D eigenvalue weighted by Crippen LogP contribution is 2.32. The van der Waals surface area contributed by atoms with E-state index in [-0.39, 0.29) is 12.2 Å². The summed E-state index contributed by atoms with van der Waals surface area (Å²) in [5.41, 5.74) is 1.33. The second kappa shape index (κ2) is 5.99. The third-order valence-electron chi connectivity index (χ3n) is 4.17. The van der Waals surface area contributed by atoms with Crippen LogP contribution in [0.4, 0.5) is 0 Å². The maximum Gasteiger partial charge on any atom is 0.0992 e. The average molecular weight is 262 g/mol. The normalized spacial score (nSPS) is 31.3. The number of morpholine rings is 1. The van der Waals surface area contributed by atoms with E-state index in [2.05, 4.69) is 28.9 Å². The third kappa shape index (κ3) is 2.81. The number of aromatic nitrogens is 1. The van der Waals surface area contributed by atoms with Gasteiger partial charge in [0.25, 0.3) is 0 Å². The highest BCUT2D eigenvalue weighted by atomic mass is 16.5. The molecule has 0 amide bonds. The summed E-state index contributed by atoms with van der Waals surface area (Å²) < 4.78 is 11.8. The van der Waals surface area contributed by atoms with Crippen molar-refractivity contribution < 1.29 is 9.47 Å². The Balaban J connectivity index is 1.66. The Morgan fingerprint density at radius 3 is 3.00 bits per heavy atom. The lowest BCUT2D eigenvalue weighted by molar-refractivity contribution is -0.113. The maximum absolute atomic E-state index is 5.96. The first kappa shape index (κ1) is 13.0. The van der Waals surface area contributed by atoms with Gasteiger partial charge in [-0.2, -0.15) is 0 Å². The lowest BCUT2D eigenvalue weighted by Crippen LogP contribution is -2.51. The van der Waals surface area contributed by atoms with Gasteiger partial charge >= 0.3 is 0 Å². The van der Waals surface area contributed by atoms with Crippen LogP contribution in [0.1, 0.15) is 25.3 Å². The summed E-state index contributed by atoms with van der Waals surface area (Å²) in [4.78, 5) is 6.62. The minimum absolute atomic E-state index is 0.260. The van der Waals surface area contributed by atoms with Gasteiger partial charge in [0.1, 0.15) is 0 Å². The summed E-state index contributed by atoms with van der Waals surface area (Å²) in [6.45, 7) is 5.66. The van der Waals surface area contributed by atoms with Gasteiger partial charge in [0, 0.05) is 38.1 Å². The molecule has 1 aliphatic carbocycles. The summed E-state index contributed by atoms with van der Waals surface area (Å²) in [5, 5.41) is 0. The number of pyridine rings is 1. The van der Waals surface area contributed by atoms with Crippen LogP contribution in [-0.4, -0.2) is 47.9 Å². The van der Waals surface area contributed by atoms with Crippen LogP contribution in [0.5, 0.6) is 0 Å². The molecule has 4 nitrogen and oxygen atoms in total. The average Bonchev–Trinajstić information content (AvgIpc) is 2.85. The minimum atomic E-state index is 0.260. The Morgan fingerprint density at radius 1 is 1.37 bits per heavy atom. The molecular weight excluding hydrogens is 240 g/mol. The Kier molecular flexibility index (Phi) is 4.11. The first-order chi connectivity index (χ1) is 9.38. The fourth-order valence-corrected chi connectivity index (χ4v) is 3.30. The van der Waals surface area contributed by atoms with E-state index in [1.807, 2.05) is 12.4 Å². The van der Waals surface area contributed by atoms with Crippen LogP contribution < -0.4 is 0 Å². The number of ether oxygens (including phenoxy) is 2. The summed E-state index contributed by atoms with van der Waals surface area (Å²) in [6, 6.07) is 4.71. The van der Waals surface area contributed by atoms with Crippen LogP contribution in [0.2, 0.25) is 0 Å². The molecule has 1 saturated heterocycles. The third-order valence-corrected chi connectivity index (χ3v) is 4.17. The standard InChI is InChI=1S/C15H22N2O2/c1-2-18-14-4-3-13-15(14)19-10-9-17(13)11-12-5-7-16-8-6-12/h5-8,13-15H,2-4,9-11H2,1H3/t13-,14+,15+/m0/s1. The monoisotopic (exact) mass is 262 g/mol. The molecule has 0 bridgehead atoms. The number of hydrogen-bond acceptors (Lipinski definition) is 4. The second-order valence-corrected chi connectivity index (χ2v) is 5.30. The molecular formula is C15H22N2O2. The van der Waals surface area contributed by atoms with Crippen molar-refractivity contribution >= 4 is 0 Å². The topological polar surface area (TPSA) is 34.6 Å². The molecule has 104 valence electrons. The van der Waals surface area contributed by atoms with E-state index < -0.39 is 0 Å². The predicted octanol–water partition coefficient (Wildman–Crippen LogP) is 1.85. The first-order valence-corrected chi connectivity index (χ1v) is 7.24. The van der Waals surface area contributed by atoms with Gasteiger partial charge in [0.05, 0.1) is 18.8 Å². The van der Waals surface area contributed by atoms with Crippen LogP contribution >= 0.6 is 0 Å². The van der Waals surface area contributed by atoms with E-state index >= 15 is 0 Å². The van der Waals surface area contributed by atoms with Gasteiger partial charge in [-0.25, -0.2) is 0 Å². The molecule has 1 aromatic rings. The zero-order valence-corrected chi connectivity index (χ0v) is 11.5. The van der Waals surface area contributed by atoms with Crippen molar-refractivity contribution in [2.24, 2.45) is 0 Å². The molecule has 0 spiro atoms. The van der Waals surface area contributed by atoms with Crippen molar-refractivity contribution in [3.63, 3.8) is 0 Å². The smallest absolute Gasteiger partial charge is 0.0992 e. The lowest BCUT2D eigenvalue weighted by Gasteiger charge is -2.39. The molecule has 2 heterocycles. The molecule has 1 aliphatic heterocycles. The van der Waals surface area contributed by atoms with E-state index in [9.17, 15) is 0 Å². The van der Waals surface area contributed by atoms with Gasteiger partial charge in [-0.1, -0.05) is 0 Å². The zero-order chi connectivity index (χ0) is 13.1. The highest BCUT2D eigenvalue weighted by Gasteiger charge is 2.42. The van der Waals surface area contributed by atoms with Gasteiger partial charge in [0.2, 0.25) is 0 Å². The van der Waals surface area contributed by atoms with Gasteiger partial charge in [-0.05, 0) is 37.5 Å². The Morgan fingerprint density at radius 2 is 2.21 bits per heavy atom. The van der Waals surface area contributed by atoms with Gasteiger partial charge in [0.15, 0.2) is 0 Å². The van der Waals surface area contributed by atoms with Crippen molar-refractivity contribution in [1.82, 2.24) is 9.88 Å². The number of rotatable bonds is 4. The van der Waals surface area contributed by atoms with Crippen LogP contribution in [0.3, 0.4) is 0 Å². The summed E-state index contributed by atoms with van der Waals surface area (Å²) in [5.74, 6) is 0. The molecule has 2 aliphatic rings. The lowest BCUT2D eigenvalue weighted by atomic mass is 10.1. The summed E-state index contributed by atoms with van der Waals surface area (Å²) in [7, 11) is 0. The molecule has 0 N–H and O–H groups in total. The van der Waals surface area contributed by atoms with E-state index in [1.54, 1.807) is 0 Å². The van der Waals surface area contributed by atoms with E-state index in [0.717, 1.165) is 32.7 Å². The van der Waals surface area contributed by atoms with Crippen LogP contribution in [0.25, 0.3) is 0 Å². The van der Waals surface area contributed by atoms with Crippen LogP contribution in [0.15, 0.2) is 24.5 Å². The molecule has 2 fully saturated rings. The zero-order valence-electron chi connectivity index (χ0n) is 11.5. The Hall–Kier alpha value is -0.970. The number of nitrogens with zero attached hydrogens (tertiary/aromatic N) is 2.